The van der Waals surface area contributed by atoms with Crippen molar-refractivity contribution in [3.05, 3.63) is 34.7 Å². The largest absolute Gasteiger partial charge is 0.453 e. The van der Waals surface area contributed by atoms with Crippen molar-refractivity contribution in [2.45, 2.75) is 19.4 Å². The number of aromatic nitrogens is 3. The van der Waals surface area contributed by atoms with E-state index in [0.29, 0.717) is 0 Å². The molecule has 1 N–H and O–H groups in total. The Kier molecular flexibility index (Phi) is 3.96. The lowest BCUT2D eigenvalue weighted by molar-refractivity contribution is 0.419. The quantitative estimate of drug-likeness (QED) is 0.918. The zero-order valence-electron chi connectivity index (χ0n) is 9.85. The summed E-state index contributed by atoms with van der Waals surface area (Å²) in [7, 11) is 1.87. The van der Waals surface area contributed by atoms with Gasteiger partial charge in [0.25, 0.3) is 0 Å². The number of hydrogen-bond donors (Lipinski definition) is 1. The van der Waals surface area contributed by atoms with Gasteiger partial charge in [0.15, 0.2) is 10.5 Å². The Bertz CT molecular complexity index is 479. The molecule has 92 valence electrons. The van der Waals surface area contributed by atoms with Crippen LogP contribution >= 0.6 is 15.9 Å². The third-order valence-corrected chi connectivity index (χ3v) is 2.89. The fourth-order valence-electron chi connectivity index (χ4n) is 1.56. The molecule has 1 atom stereocenters. The van der Waals surface area contributed by atoms with Gasteiger partial charge in [0.05, 0.1) is 6.04 Å². The third kappa shape index (κ3) is 3.41. The summed E-state index contributed by atoms with van der Waals surface area (Å²) in [6.45, 7) is 2.89. The van der Waals surface area contributed by atoms with Crippen LogP contribution in [-0.2, 0) is 13.5 Å². The minimum atomic E-state index is 0.185. The Balaban J connectivity index is 1.78. The summed E-state index contributed by atoms with van der Waals surface area (Å²) in [5.41, 5.74) is 0. The SMILES string of the molecule is CC(NCCc1ncn(C)n1)c1ccc(Br)o1. The Hall–Kier alpha value is -1.14. The van der Waals surface area contributed by atoms with Gasteiger partial charge in [-0.3, -0.25) is 4.68 Å². The summed E-state index contributed by atoms with van der Waals surface area (Å²) >= 11 is 3.29. The van der Waals surface area contributed by atoms with Crippen LogP contribution in [0.25, 0.3) is 0 Å². The van der Waals surface area contributed by atoms with Crippen molar-refractivity contribution in [1.29, 1.82) is 0 Å². The van der Waals surface area contributed by atoms with Crippen molar-refractivity contribution in [2.75, 3.05) is 6.54 Å². The van der Waals surface area contributed by atoms with Crippen molar-refractivity contribution in [1.82, 2.24) is 20.1 Å². The second-order valence-electron chi connectivity index (χ2n) is 3.90. The van der Waals surface area contributed by atoms with Crippen LogP contribution < -0.4 is 5.32 Å². The van der Waals surface area contributed by atoms with E-state index in [1.807, 2.05) is 19.2 Å². The zero-order valence-corrected chi connectivity index (χ0v) is 11.4. The highest BCUT2D eigenvalue weighted by atomic mass is 79.9. The maximum absolute atomic E-state index is 5.47. The van der Waals surface area contributed by atoms with Crippen LogP contribution in [0.15, 0.2) is 27.5 Å². The highest BCUT2D eigenvalue weighted by Crippen LogP contribution is 2.19. The minimum Gasteiger partial charge on any atom is -0.453 e. The van der Waals surface area contributed by atoms with E-state index in [2.05, 4.69) is 38.3 Å². The maximum atomic E-state index is 5.47. The molecule has 2 aromatic rings. The number of aryl methyl sites for hydroxylation is 1. The molecule has 17 heavy (non-hydrogen) atoms. The predicted molar refractivity (Wildman–Crippen MR) is 67.5 cm³/mol. The van der Waals surface area contributed by atoms with E-state index in [0.717, 1.165) is 29.2 Å². The Morgan fingerprint density at radius 2 is 2.35 bits per heavy atom. The predicted octanol–water partition coefficient (Wildman–Crippen LogP) is 2.06. The molecule has 0 aromatic carbocycles. The van der Waals surface area contributed by atoms with E-state index in [-0.39, 0.29) is 6.04 Å². The average Bonchev–Trinajstić information content (AvgIpc) is 2.88. The summed E-state index contributed by atoms with van der Waals surface area (Å²) in [6, 6.07) is 4.04. The van der Waals surface area contributed by atoms with E-state index >= 15 is 0 Å². The molecule has 5 nitrogen and oxygen atoms in total. The molecule has 0 aliphatic rings. The van der Waals surface area contributed by atoms with Crippen LogP contribution in [0.3, 0.4) is 0 Å². The molecule has 0 fully saturated rings. The van der Waals surface area contributed by atoms with Crippen LogP contribution in [0.4, 0.5) is 0 Å². The summed E-state index contributed by atoms with van der Waals surface area (Å²) in [5.74, 6) is 1.78. The van der Waals surface area contributed by atoms with Gasteiger partial charge >= 0.3 is 0 Å². The number of hydrogen-bond acceptors (Lipinski definition) is 4. The van der Waals surface area contributed by atoms with Crippen LogP contribution in [0.5, 0.6) is 0 Å². The van der Waals surface area contributed by atoms with E-state index in [1.165, 1.54) is 0 Å². The second kappa shape index (κ2) is 5.46. The van der Waals surface area contributed by atoms with Gasteiger partial charge in [-0.2, -0.15) is 5.10 Å². The van der Waals surface area contributed by atoms with Crippen LogP contribution in [0.1, 0.15) is 24.6 Å². The van der Waals surface area contributed by atoms with Gasteiger partial charge in [-0.25, -0.2) is 4.98 Å². The van der Waals surface area contributed by atoms with Crippen LogP contribution in [0.2, 0.25) is 0 Å². The van der Waals surface area contributed by atoms with Crippen molar-refractivity contribution in [3.8, 4) is 0 Å². The van der Waals surface area contributed by atoms with Gasteiger partial charge in [0.2, 0.25) is 0 Å². The lowest BCUT2D eigenvalue weighted by Crippen LogP contribution is -2.21. The van der Waals surface area contributed by atoms with Crippen molar-refractivity contribution in [3.63, 3.8) is 0 Å². The second-order valence-corrected chi connectivity index (χ2v) is 4.68. The van der Waals surface area contributed by atoms with Crippen molar-refractivity contribution < 1.29 is 4.42 Å². The molecule has 0 amide bonds. The zero-order chi connectivity index (χ0) is 12.3. The molecule has 0 radical (unpaired) electrons. The molecule has 0 aliphatic carbocycles. The highest BCUT2D eigenvalue weighted by molar-refractivity contribution is 9.10. The smallest absolute Gasteiger partial charge is 0.169 e. The molecule has 6 heteroatoms. The van der Waals surface area contributed by atoms with Crippen molar-refractivity contribution >= 4 is 15.9 Å². The number of rotatable bonds is 5. The molecule has 2 aromatic heterocycles. The van der Waals surface area contributed by atoms with E-state index in [1.54, 1.807) is 11.0 Å². The van der Waals surface area contributed by atoms with E-state index < -0.39 is 0 Å². The van der Waals surface area contributed by atoms with Gasteiger partial charge in [-0.15, -0.1) is 0 Å². The third-order valence-electron chi connectivity index (χ3n) is 2.47. The molecule has 0 saturated heterocycles. The highest BCUT2D eigenvalue weighted by Gasteiger charge is 2.09. The van der Waals surface area contributed by atoms with Gasteiger partial charge in [0.1, 0.15) is 12.1 Å². The van der Waals surface area contributed by atoms with Gasteiger partial charge in [-0.05, 0) is 35.0 Å². The number of nitrogens with one attached hydrogen (secondary N) is 1. The molecular formula is C11H15BrN4O. The summed E-state index contributed by atoms with van der Waals surface area (Å²) in [4.78, 5) is 4.17. The van der Waals surface area contributed by atoms with Crippen molar-refractivity contribution in [2.24, 2.45) is 7.05 Å². The fraction of sp³-hybridized carbons (Fsp3) is 0.455. The topological polar surface area (TPSA) is 55.9 Å². The fourth-order valence-corrected chi connectivity index (χ4v) is 1.88. The van der Waals surface area contributed by atoms with Gasteiger partial charge in [0, 0.05) is 20.0 Å². The Morgan fingerprint density at radius 1 is 1.53 bits per heavy atom. The first-order chi connectivity index (χ1) is 8.15. The lowest BCUT2D eigenvalue weighted by atomic mass is 10.2. The molecule has 1 unspecified atom stereocenters. The first-order valence-electron chi connectivity index (χ1n) is 5.48. The van der Waals surface area contributed by atoms with Gasteiger partial charge in [-0.1, -0.05) is 0 Å². The molecule has 2 heterocycles. The lowest BCUT2D eigenvalue weighted by Gasteiger charge is -2.09. The number of nitrogens with zero attached hydrogens (tertiary/aromatic N) is 3. The summed E-state index contributed by atoms with van der Waals surface area (Å²) in [6.07, 6.45) is 2.52. The van der Waals surface area contributed by atoms with Crippen LogP contribution in [-0.4, -0.2) is 21.3 Å². The molecule has 0 saturated carbocycles. The monoisotopic (exact) mass is 298 g/mol. The maximum Gasteiger partial charge on any atom is 0.169 e. The van der Waals surface area contributed by atoms with Crippen LogP contribution in [0, 0.1) is 0 Å². The average molecular weight is 299 g/mol. The molecule has 0 bridgehead atoms. The summed E-state index contributed by atoms with van der Waals surface area (Å²) < 4.78 is 7.94. The Morgan fingerprint density at radius 3 is 2.94 bits per heavy atom. The standard InChI is InChI=1S/C11H15BrN4O/c1-8(9-3-4-10(12)17-9)13-6-5-11-14-7-16(2)15-11/h3-4,7-8,13H,5-6H2,1-2H3. The van der Waals surface area contributed by atoms with E-state index in [4.69, 9.17) is 4.42 Å². The first-order valence-corrected chi connectivity index (χ1v) is 6.27. The summed E-state index contributed by atoms with van der Waals surface area (Å²) in [5, 5.41) is 7.59. The normalized spacial score (nSPS) is 12.9. The van der Waals surface area contributed by atoms with Gasteiger partial charge < -0.3 is 9.73 Å². The van der Waals surface area contributed by atoms with E-state index in [9.17, 15) is 0 Å². The molecule has 0 spiro atoms. The number of halogens is 1. The molecule has 2 rings (SSSR count). The minimum absolute atomic E-state index is 0.185. The first kappa shape index (κ1) is 12.3. The molecular weight excluding hydrogens is 284 g/mol. The number of furan rings is 1. The Labute approximate surface area is 108 Å². The molecule has 0 aliphatic heterocycles.